The molecule has 3 aromatic heterocycles. The standard InChI is InChI=1S/C29H24N8O/c1-35-16-14-27(34-35)32-24-11-6-15-36-23(19-31-28(24)36)13-12-20-7-5-10-22(17-20)25-18-26(37(33-25)29(30)38)21-8-3-2-4-9-21/h2-11,14-17,19,26H,18H2,1H3,(H2,30,38)(H,32,34). The molecule has 1 unspecified atom stereocenters. The van der Waals surface area contributed by atoms with Crippen molar-refractivity contribution in [1.82, 2.24) is 24.2 Å². The van der Waals surface area contributed by atoms with E-state index in [1.807, 2.05) is 96.6 Å². The van der Waals surface area contributed by atoms with Gasteiger partial charge in [-0.2, -0.15) is 10.2 Å². The van der Waals surface area contributed by atoms with E-state index in [1.54, 1.807) is 10.9 Å². The third kappa shape index (κ3) is 4.47. The summed E-state index contributed by atoms with van der Waals surface area (Å²) in [5.41, 5.74) is 11.5. The SMILES string of the molecule is Cn1ccc(Nc2cccn3c(C#Cc4cccc(C5=NN(C(N)=O)C(c6ccccc6)C5)c4)cnc23)n1. The molecule has 0 aliphatic carbocycles. The maximum absolute atomic E-state index is 12.1. The fourth-order valence-electron chi connectivity index (χ4n) is 4.56. The van der Waals surface area contributed by atoms with Gasteiger partial charge in [-0.05, 0) is 41.3 Å². The summed E-state index contributed by atoms with van der Waals surface area (Å²) in [7, 11) is 1.87. The number of nitrogens with zero attached hydrogens (tertiary/aromatic N) is 6. The molecule has 0 saturated carbocycles. The topological polar surface area (TPSA) is 106 Å². The van der Waals surface area contributed by atoms with Crippen LogP contribution in [0.4, 0.5) is 16.3 Å². The van der Waals surface area contributed by atoms with Crippen LogP contribution < -0.4 is 11.1 Å². The first kappa shape index (κ1) is 23.1. The van der Waals surface area contributed by atoms with Crippen LogP contribution in [0.3, 0.4) is 0 Å². The number of rotatable bonds is 4. The maximum Gasteiger partial charge on any atom is 0.335 e. The van der Waals surface area contributed by atoms with Crippen LogP contribution in [0.2, 0.25) is 0 Å². The number of hydrogen-bond acceptors (Lipinski definition) is 5. The number of aryl methyl sites for hydroxylation is 1. The van der Waals surface area contributed by atoms with Gasteiger partial charge in [-0.15, -0.1) is 0 Å². The number of imidazole rings is 1. The zero-order valence-corrected chi connectivity index (χ0v) is 20.6. The lowest BCUT2D eigenvalue weighted by Gasteiger charge is -2.19. The number of hydrazone groups is 1. The number of anilines is 2. The minimum Gasteiger partial charge on any atom is -0.350 e. The van der Waals surface area contributed by atoms with E-state index in [1.165, 1.54) is 5.01 Å². The Balaban J connectivity index is 1.26. The number of carbonyl (C=O) groups excluding carboxylic acids is 1. The molecule has 9 heteroatoms. The second-order valence-corrected chi connectivity index (χ2v) is 8.95. The van der Waals surface area contributed by atoms with Gasteiger partial charge in [-0.3, -0.25) is 9.08 Å². The predicted octanol–water partition coefficient (Wildman–Crippen LogP) is 4.44. The van der Waals surface area contributed by atoms with E-state index in [0.717, 1.165) is 45.2 Å². The van der Waals surface area contributed by atoms with Crippen LogP contribution in [-0.4, -0.2) is 35.9 Å². The van der Waals surface area contributed by atoms with Crippen molar-refractivity contribution in [3.8, 4) is 11.8 Å². The predicted molar refractivity (Wildman–Crippen MR) is 146 cm³/mol. The number of nitrogens with one attached hydrogen (secondary N) is 1. The molecule has 0 spiro atoms. The molecular weight excluding hydrogens is 476 g/mol. The molecule has 1 aliphatic rings. The molecule has 5 aromatic rings. The van der Waals surface area contributed by atoms with Gasteiger partial charge in [0.05, 0.1) is 23.6 Å². The highest BCUT2D eigenvalue weighted by Crippen LogP contribution is 2.32. The van der Waals surface area contributed by atoms with Crippen molar-refractivity contribution in [3.63, 3.8) is 0 Å². The summed E-state index contributed by atoms with van der Waals surface area (Å²) in [6.45, 7) is 0. The number of fused-ring (bicyclic) bond motifs is 1. The first-order valence-corrected chi connectivity index (χ1v) is 12.1. The molecule has 0 bridgehead atoms. The number of carbonyl (C=O) groups is 1. The van der Waals surface area contributed by atoms with Crippen molar-refractivity contribution >= 4 is 28.9 Å². The van der Waals surface area contributed by atoms with Gasteiger partial charge in [-0.25, -0.2) is 14.8 Å². The fourth-order valence-corrected chi connectivity index (χ4v) is 4.56. The van der Waals surface area contributed by atoms with Gasteiger partial charge in [0.1, 0.15) is 5.69 Å². The molecule has 6 rings (SSSR count). The van der Waals surface area contributed by atoms with Crippen molar-refractivity contribution in [3.05, 3.63) is 114 Å². The fraction of sp³-hybridized carbons (Fsp3) is 0.103. The van der Waals surface area contributed by atoms with Crippen molar-refractivity contribution in [1.29, 1.82) is 0 Å². The molecule has 9 nitrogen and oxygen atoms in total. The van der Waals surface area contributed by atoms with Crippen LogP contribution in [-0.2, 0) is 7.05 Å². The summed E-state index contributed by atoms with van der Waals surface area (Å²) in [6.07, 6.45) is 6.14. The van der Waals surface area contributed by atoms with Gasteiger partial charge in [0.25, 0.3) is 0 Å². The second-order valence-electron chi connectivity index (χ2n) is 8.95. The lowest BCUT2D eigenvalue weighted by Crippen LogP contribution is -2.31. The smallest absolute Gasteiger partial charge is 0.335 e. The summed E-state index contributed by atoms with van der Waals surface area (Å²) < 4.78 is 3.68. The maximum atomic E-state index is 12.1. The average Bonchev–Trinajstić information content (AvgIpc) is 3.67. The Morgan fingerprint density at radius 3 is 2.68 bits per heavy atom. The van der Waals surface area contributed by atoms with Gasteiger partial charge in [-0.1, -0.05) is 48.4 Å². The lowest BCUT2D eigenvalue weighted by atomic mass is 9.97. The lowest BCUT2D eigenvalue weighted by molar-refractivity contribution is 0.196. The molecule has 2 aromatic carbocycles. The number of nitrogens with two attached hydrogens (primary N) is 1. The van der Waals surface area contributed by atoms with Crippen LogP contribution in [0, 0.1) is 11.8 Å². The minimum atomic E-state index is -0.575. The third-order valence-corrected chi connectivity index (χ3v) is 6.36. The Labute approximate surface area is 219 Å². The Morgan fingerprint density at radius 1 is 1.03 bits per heavy atom. The number of primary amides is 1. The van der Waals surface area contributed by atoms with Crippen molar-refractivity contribution in [2.75, 3.05) is 5.32 Å². The average molecular weight is 501 g/mol. The number of pyridine rings is 1. The van der Waals surface area contributed by atoms with Crippen LogP contribution in [0.5, 0.6) is 0 Å². The van der Waals surface area contributed by atoms with Crippen LogP contribution >= 0.6 is 0 Å². The summed E-state index contributed by atoms with van der Waals surface area (Å²) in [5.74, 6) is 7.23. The largest absolute Gasteiger partial charge is 0.350 e. The number of benzene rings is 2. The second kappa shape index (κ2) is 9.59. The number of aromatic nitrogens is 4. The summed E-state index contributed by atoms with van der Waals surface area (Å²) in [6, 6.07) is 22.6. The molecule has 38 heavy (non-hydrogen) atoms. The van der Waals surface area contributed by atoms with Gasteiger partial charge in [0.2, 0.25) is 0 Å². The quantitative estimate of drug-likeness (QED) is 0.356. The van der Waals surface area contributed by atoms with E-state index in [4.69, 9.17) is 5.73 Å². The highest BCUT2D eigenvalue weighted by atomic mass is 16.2. The van der Waals surface area contributed by atoms with Crippen molar-refractivity contribution in [2.24, 2.45) is 17.9 Å². The molecule has 1 aliphatic heterocycles. The first-order valence-electron chi connectivity index (χ1n) is 12.1. The third-order valence-electron chi connectivity index (χ3n) is 6.36. The molecule has 0 radical (unpaired) electrons. The van der Waals surface area contributed by atoms with E-state index >= 15 is 0 Å². The highest BCUT2D eigenvalue weighted by molar-refractivity contribution is 6.03. The van der Waals surface area contributed by atoms with Gasteiger partial charge in [0, 0.05) is 37.5 Å². The molecule has 0 fully saturated rings. The van der Waals surface area contributed by atoms with Gasteiger partial charge < -0.3 is 11.1 Å². The molecule has 1 atom stereocenters. The van der Waals surface area contributed by atoms with Crippen LogP contribution in [0.25, 0.3) is 5.65 Å². The molecule has 186 valence electrons. The Bertz CT molecular complexity index is 1740. The molecular formula is C29H24N8O. The van der Waals surface area contributed by atoms with Gasteiger partial charge >= 0.3 is 6.03 Å². The zero-order chi connectivity index (χ0) is 26.1. The van der Waals surface area contributed by atoms with Crippen LogP contribution in [0.15, 0.2) is 96.5 Å². The summed E-state index contributed by atoms with van der Waals surface area (Å²) >= 11 is 0. The first-order chi connectivity index (χ1) is 18.5. The van der Waals surface area contributed by atoms with E-state index in [2.05, 4.69) is 32.3 Å². The van der Waals surface area contributed by atoms with Crippen molar-refractivity contribution < 1.29 is 4.79 Å². The number of amides is 2. The summed E-state index contributed by atoms with van der Waals surface area (Å²) in [4.78, 5) is 16.7. The minimum absolute atomic E-state index is 0.231. The monoisotopic (exact) mass is 500 g/mol. The molecule has 4 heterocycles. The molecule has 3 N–H and O–H groups in total. The molecule has 2 amide bonds. The highest BCUT2D eigenvalue weighted by Gasteiger charge is 2.31. The van der Waals surface area contributed by atoms with E-state index in [-0.39, 0.29) is 6.04 Å². The Hall–Kier alpha value is -5.36. The molecule has 0 saturated heterocycles. The number of hydrogen-bond donors (Lipinski definition) is 2. The van der Waals surface area contributed by atoms with Gasteiger partial charge in [0.15, 0.2) is 11.5 Å². The van der Waals surface area contributed by atoms with Crippen molar-refractivity contribution in [2.45, 2.75) is 12.5 Å². The zero-order valence-electron chi connectivity index (χ0n) is 20.6. The van der Waals surface area contributed by atoms with E-state index in [9.17, 15) is 4.79 Å². The Kier molecular flexibility index (Phi) is 5.82. The number of urea groups is 1. The van der Waals surface area contributed by atoms with Crippen LogP contribution in [0.1, 0.15) is 34.8 Å². The summed E-state index contributed by atoms with van der Waals surface area (Å²) in [5, 5.41) is 13.6. The van der Waals surface area contributed by atoms with E-state index in [0.29, 0.717) is 6.42 Å². The Morgan fingerprint density at radius 2 is 1.89 bits per heavy atom. The van der Waals surface area contributed by atoms with E-state index < -0.39 is 6.03 Å². The normalized spacial score (nSPS) is 14.7.